The standard InChI is InChI=1S/C13H9BrCl2N2O2/c14-7-4-8(15)12(9(16)5-7)18-13(20)6-1-2-10(17)11(19)3-6/h1-5,19H,17H2,(H,18,20). The number of aromatic hydroxyl groups is 1. The first-order valence-electron chi connectivity index (χ1n) is 5.43. The van der Waals surface area contributed by atoms with Crippen molar-refractivity contribution in [1.82, 2.24) is 0 Å². The van der Waals surface area contributed by atoms with Gasteiger partial charge in [-0.15, -0.1) is 0 Å². The molecule has 0 aliphatic rings. The van der Waals surface area contributed by atoms with E-state index in [-0.39, 0.29) is 17.0 Å². The van der Waals surface area contributed by atoms with E-state index in [1.54, 1.807) is 12.1 Å². The van der Waals surface area contributed by atoms with Crippen LogP contribution in [0.4, 0.5) is 11.4 Å². The number of nitrogens with two attached hydrogens (primary N) is 1. The molecule has 7 heteroatoms. The van der Waals surface area contributed by atoms with Gasteiger partial charge in [0.15, 0.2) is 0 Å². The highest BCUT2D eigenvalue weighted by Gasteiger charge is 2.13. The third-order valence-corrected chi connectivity index (χ3v) is 3.59. The Labute approximate surface area is 133 Å². The third-order valence-electron chi connectivity index (χ3n) is 2.54. The minimum absolute atomic E-state index is 0.161. The Morgan fingerprint density at radius 3 is 2.35 bits per heavy atom. The molecule has 0 aliphatic carbocycles. The molecule has 2 aromatic rings. The molecule has 1 amide bonds. The van der Waals surface area contributed by atoms with Crippen LogP contribution in [0.2, 0.25) is 10.0 Å². The number of nitrogen functional groups attached to an aromatic ring is 1. The summed E-state index contributed by atoms with van der Waals surface area (Å²) in [5.74, 6) is -0.614. The molecule has 0 aliphatic heterocycles. The van der Waals surface area contributed by atoms with Gasteiger partial charge in [0.2, 0.25) is 0 Å². The number of anilines is 2. The smallest absolute Gasteiger partial charge is 0.255 e. The number of hydrogen-bond acceptors (Lipinski definition) is 3. The Bertz CT molecular complexity index is 669. The summed E-state index contributed by atoms with van der Waals surface area (Å²) in [6, 6.07) is 7.43. The van der Waals surface area contributed by atoms with Gasteiger partial charge >= 0.3 is 0 Å². The molecule has 0 fully saturated rings. The molecule has 4 N–H and O–H groups in total. The number of hydrogen-bond donors (Lipinski definition) is 3. The highest BCUT2D eigenvalue weighted by atomic mass is 79.9. The minimum atomic E-state index is -0.452. The van der Waals surface area contributed by atoms with Crippen molar-refractivity contribution in [3.05, 3.63) is 50.4 Å². The quantitative estimate of drug-likeness (QED) is 0.541. The Hall–Kier alpha value is -1.43. The zero-order chi connectivity index (χ0) is 14.9. The Kier molecular flexibility index (Phi) is 4.42. The Morgan fingerprint density at radius 2 is 1.80 bits per heavy atom. The number of carbonyl (C=O) groups is 1. The van der Waals surface area contributed by atoms with Gasteiger partial charge in [0, 0.05) is 10.0 Å². The van der Waals surface area contributed by atoms with Crippen LogP contribution < -0.4 is 11.1 Å². The van der Waals surface area contributed by atoms with Crippen molar-refractivity contribution in [2.45, 2.75) is 0 Å². The summed E-state index contributed by atoms with van der Waals surface area (Å²) in [5.41, 5.74) is 6.22. The van der Waals surface area contributed by atoms with Gasteiger partial charge in [-0.05, 0) is 30.3 Å². The van der Waals surface area contributed by atoms with Crippen molar-refractivity contribution >= 4 is 56.4 Å². The molecule has 0 aromatic heterocycles. The second-order valence-electron chi connectivity index (χ2n) is 3.97. The monoisotopic (exact) mass is 374 g/mol. The maximum absolute atomic E-state index is 12.1. The number of halogens is 3. The van der Waals surface area contributed by atoms with Gasteiger partial charge in [-0.3, -0.25) is 4.79 Å². The summed E-state index contributed by atoms with van der Waals surface area (Å²) in [6.07, 6.45) is 0. The summed E-state index contributed by atoms with van der Waals surface area (Å²) in [5, 5.41) is 12.7. The van der Waals surface area contributed by atoms with Gasteiger partial charge in [0.1, 0.15) is 5.75 Å². The number of nitrogens with one attached hydrogen (secondary N) is 1. The molecule has 0 heterocycles. The average molecular weight is 376 g/mol. The van der Waals surface area contributed by atoms with Crippen molar-refractivity contribution in [3.63, 3.8) is 0 Å². The second-order valence-corrected chi connectivity index (χ2v) is 5.70. The molecular weight excluding hydrogens is 367 g/mol. The fraction of sp³-hybridized carbons (Fsp3) is 0. The number of amides is 1. The first-order chi connectivity index (χ1) is 9.38. The van der Waals surface area contributed by atoms with Gasteiger partial charge in [-0.2, -0.15) is 0 Å². The Balaban J connectivity index is 2.30. The zero-order valence-electron chi connectivity index (χ0n) is 9.95. The van der Waals surface area contributed by atoms with Crippen molar-refractivity contribution in [3.8, 4) is 5.75 Å². The highest BCUT2D eigenvalue weighted by molar-refractivity contribution is 9.10. The van der Waals surface area contributed by atoms with E-state index in [1.165, 1.54) is 18.2 Å². The zero-order valence-corrected chi connectivity index (χ0v) is 13.1. The van der Waals surface area contributed by atoms with E-state index in [0.717, 1.165) is 0 Å². The lowest BCUT2D eigenvalue weighted by Crippen LogP contribution is -2.12. The van der Waals surface area contributed by atoms with E-state index < -0.39 is 5.91 Å². The highest BCUT2D eigenvalue weighted by Crippen LogP contribution is 2.34. The molecule has 0 unspecified atom stereocenters. The fourth-order valence-electron chi connectivity index (χ4n) is 1.53. The van der Waals surface area contributed by atoms with Crippen molar-refractivity contribution in [2.75, 3.05) is 11.1 Å². The number of benzene rings is 2. The predicted molar refractivity (Wildman–Crippen MR) is 84.6 cm³/mol. The molecule has 20 heavy (non-hydrogen) atoms. The largest absolute Gasteiger partial charge is 0.506 e. The van der Waals surface area contributed by atoms with Gasteiger partial charge in [-0.1, -0.05) is 39.1 Å². The summed E-state index contributed by atoms with van der Waals surface area (Å²) >= 11 is 15.3. The normalized spacial score (nSPS) is 10.3. The number of phenols is 1. The summed E-state index contributed by atoms with van der Waals surface area (Å²) in [4.78, 5) is 12.1. The predicted octanol–water partition coefficient (Wildman–Crippen LogP) is 4.30. The maximum Gasteiger partial charge on any atom is 0.255 e. The van der Waals surface area contributed by atoms with E-state index >= 15 is 0 Å². The Morgan fingerprint density at radius 1 is 1.20 bits per heavy atom. The number of rotatable bonds is 2. The third kappa shape index (κ3) is 3.17. The van der Waals surface area contributed by atoms with E-state index in [0.29, 0.717) is 20.2 Å². The molecule has 0 saturated carbocycles. The second kappa shape index (κ2) is 5.91. The van der Waals surface area contributed by atoms with Gasteiger partial charge in [0.25, 0.3) is 5.91 Å². The summed E-state index contributed by atoms with van der Waals surface area (Å²) < 4.78 is 0.704. The topological polar surface area (TPSA) is 75.4 Å². The van der Waals surface area contributed by atoms with E-state index in [1.807, 2.05) is 0 Å². The number of phenolic OH excluding ortho intramolecular Hbond substituents is 1. The van der Waals surface area contributed by atoms with Crippen molar-refractivity contribution in [2.24, 2.45) is 0 Å². The lowest BCUT2D eigenvalue weighted by Gasteiger charge is -2.10. The molecule has 104 valence electrons. The van der Waals surface area contributed by atoms with Crippen LogP contribution in [0.5, 0.6) is 5.75 Å². The molecule has 0 spiro atoms. The first-order valence-corrected chi connectivity index (χ1v) is 6.98. The fourth-order valence-corrected chi connectivity index (χ4v) is 2.84. The SMILES string of the molecule is Nc1ccc(C(=O)Nc2c(Cl)cc(Br)cc2Cl)cc1O. The molecule has 0 saturated heterocycles. The summed E-state index contributed by atoms with van der Waals surface area (Å²) in [6.45, 7) is 0. The van der Waals surface area contributed by atoms with Crippen LogP contribution in [-0.2, 0) is 0 Å². The van der Waals surface area contributed by atoms with Gasteiger partial charge in [0.05, 0.1) is 21.4 Å². The summed E-state index contributed by atoms with van der Waals surface area (Å²) in [7, 11) is 0. The maximum atomic E-state index is 12.1. The molecule has 0 bridgehead atoms. The minimum Gasteiger partial charge on any atom is -0.506 e. The van der Waals surface area contributed by atoms with Crippen molar-refractivity contribution in [1.29, 1.82) is 0 Å². The number of carbonyl (C=O) groups excluding carboxylic acids is 1. The molecular formula is C13H9BrCl2N2O2. The van der Waals surface area contributed by atoms with Crippen molar-refractivity contribution < 1.29 is 9.90 Å². The van der Waals surface area contributed by atoms with Crippen LogP contribution in [-0.4, -0.2) is 11.0 Å². The lowest BCUT2D eigenvalue weighted by atomic mass is 10.1. The van der Waals surface area contributed by atoms with Crippen LogP contribution >= 0.6 is 39.1 Å². The first kappa shape index (κ1) is 15.0. The van der Waals surface area contributed by atoms with Crippen LogP contribution in [0.15, 0.2) is 34.8 Å². The molecule has 0 atom stereocenters. The van der Waals surface area contributed by atoms with Crippen LogP contribution in [0.1, 0.15) is 10.4 Å². The van der Waals surface area contributed by atoms with Crippen LogP contribution in [0.25, 0.3) is 0 Å². The van der Waals surface area contributed by atoms with Gasteiger partial charge < -0.3 is 16.2 Å². The van der Waals surface area contributed by atoms with Gasteiger partial charge in [-0.25, -0.2) is 0 Å². The van der Waals surface area contributed by atoms with E-state index in [2.05, 4.69) is 21.2 Å². The molecule has 2 aromatic carbocycles. The van der Waals surface area contributed by atoms with E-state index in [4.69, 9.17) is 28.9 Å². The molecule has 0 radical (unpaired) electrons. The van der Waals surface area contributed by atoms with Crippen LogP contribution in [0, 0.1) is 0 Å². The van der Waals surface area contributed by atoms with E-state index in [9.17, 15) is 9.90 Å². The average Bonchev–Trinajstić information content (AvgIpc) is 2.36. The lowest BCUT2D eigenvalue weighted by molar-refractivity contribution is 0.102. The molecule has 2 rings (SSSR count). The molecule has 4 nitrogen and oxygen atoms in total. The van der Waals surface area contributed by atoms with Crippen LogP contribution in [0.3, 0.4) is 0 Å².